The van der Waals surface area contributed by atoms with Crippen LogP contribution < -0.4 is 5.73 Å². The Morgan fingerprint density at radius 3 is 2.76 bits per heavy atom. The first-order valence-corrected chi connectivity index (χ1v) is 7.45. The lowest BCUT2D eigenvalue weighted by Gasteiger charge is -2.41. The maximum atomic E-state index is 6.02. The number of nitrogens with zero attached hydrogens (tertiary/aromatic N) is 1. The van der Waals surface area contributed by atoms with Crippen LogP contribution in [0.15, 0.2) is 12.1 Å². The molecule has 3 atom stereocenters. The van der Waals surface area contributed by atoms with E-state index in [2.05, 4.69) is 37.8 Å². The van der Waals surface area contributed by atoms with Gasteiger partial charge in [0.15, 0.2) is 0 Å². The minimum Gasteiger partial charge on any atom is -0.329 e. The molecule has 0 bridgehead atoms. The highest BCUT2D eigenvalue weighted by molar-refractivity contribution is 7.12. The van der Waals surface area contributed by atoms with Crippen molar-refractivity contribution in [1.29, 1.82) is 0 Å². The van der Waals surface area contributed by atoms with Crippen molar-refractivity contribution in [3.63, 3.8) is 0 Å². The minimum absolute atomic E-state index is 0.423. The van der Waals surface area contributed by atoms with E-state index in [1.807, 2.05) is 11.3 Å². The second kappa shape index (κ2) is 5.51. The summed E-state index contributed by atoms with van der Waals surface area (Å²) in [6.07, 6.45) is 2.67. The molecule has 1 aromatic rings. The summed E-state index contributed by atoms with van der Waals surface area (Å²) in [6, 6.07) is 5.55. The average Bonchev–Trinajstić information content (AvgIpc) is 2.71. The van der Waals surface area contributed by atoms with Gasteiger partial charge in [-0.3, -0.25) is 4.90 Å². The van der Waals surface area contributed by atoms with Gasteiger partial charge in [0.25, 0.3) is 0 Å². The van der Waals surface area contributed by atoms with Crippen molar-refractivity contribution in [1.82, 2.24) is 4.90 Å². The van der Waals surface area contributed by atoms with Gasteiger partial charge in [0.1, 0.15) is 0 Å². The van der Waals surface area contributed by atoms with Crippen LogP contribution >= 0.6 is 11.3 Å². The van der Waals surface area contributed by atoms with Gasteiger partial charge < -0.3 is 5.73 Å². The fourth-order valence-corrected chi connectivity index (χ4v) is 3.82. The molecule has 0 spiro atoms. The molecule has 0 amide bonds. The lowest BCUT2D eigenvalue weighted by Crippen LogP contribution is -2.45. The van der Waals surface area contributed by atoms with Gasteiger partial charge in [-0.05, 0) is 44.7 Å². The fourth-order valence-electron chi connectivity index (χ4n) is 2.80. The lowest BCUT2D eigenvalue weighted by molar-refractivity contribution is 0.0814. The van der Waals surface area contributed by atoms with Crippen LogP contribution in [-0.4, -0.2) is 24.0 Å². The van der Waals surface area contributed by atoms with Crippen molar-refractivity contribution in [2.75, 3.05) is 13.1 Å². The zero-order valence-electron chi connectivity index (χ0n) is 11.1. The molecule has 2 nitrogen and oxygen atoms in total. The summed E-state index contributed by atoms with van der Waals surface area (Å²) in [6.45, 7) is 8.79. The van der Waals surface area contributed by atoms with Crippen LogP contribution in [0.4, 0.5) is 0 Å². The second-order valence-corrected chi connectivity index (χ2v) is 6.75. The van der Waals surface area contributed by atoms with Crippen LogP contribution in [0.2, 0.25) is 0 Å². The number of piperidine rings is 1. The molecule has 1 aliphatic heterocycles. The summed E-state index contributed by atoms with van der Waals surface area (Å²) >= 11 is 1.90. The standard InChI is InChI=1S/C14H24N2S/c1-10-4-5-11(2)16(9-10)13(8-15)14-7-6-12(3)17-14/h6-7,10-11,13H,4-5,8-9,15H2,1-3H3. The molecule has 0 aliphatic carbocycles. The molecule has 0 saturated carbocycles. The van der Waals surface area contributed by atoms with Crippen molar-refractivity contribution in [3.05, 3.63) is 21.9 Å². The summed E-state index contributed by atoms with van der Waals surface area (Å²) in [5, 5.41) is 0. The van der Waals surface area contributed by atoms with E-state index in [1.165, 1.54) is 29.1 Å². The third-order valence-corrected chi connectivity index (χ3v) is 4.98. The molecule has 3 heteroatoms. The van der Waals surface area contributed by atoms with Crippen molar-refractivity contribution in [3.8, 4) is 0 Å². The number of aryl methyl sites for hydroxylation is 1. The van der Waals surface area contributed by atoms with E-state index in [4.69, 9.17) is 5.73 Å². The Labute approximate surface area is 109 Å². The van der Waals surface area contributed by atoms with Crippen molar-refractivity contribution < 1.29 is 0 Å². The molecule has 17 heavy (non-hydrogen) atoms. The first-order chi connectivity index (χ1) is 8.11. The smallest absolute Gasteiger partial charge is 0.0566 e. The van der Waals surface area contributed by atoms with Gasteiger partial charge in [-0.25, -0.2) is 0 Å². The summed E-state index contributed by atoms with van der Waals surface area (Å²) in [4.78, 5) is 5.43. The molecule has 1 fully saturated rings. The third-order valence-electron chi connectivity index (χ3n) is 3.88. The quantitative estimate of drug-likeness (QED) is 0.895. The predicted molar refractivity (Wildman–Crippen MR) is 75.4 cm³/mol. The molecule has 1 saturated heterocycles. The molecule has 3 unspecified atom stereocenters. The molecule has 96 valence electrons. The Hall–Kier alpha value is -0.380. The van der Waals surface area contributed by atoms with Crippen LogP contribution in [0, 0.1) is 12.8 Å². The van der Waals surface area contributed by atoms with Crippen LogP contribution in [0.5, 0.6) is 0 Å². The highest BCUT2D eigenvalue weighted by atomic mass is 32.1. The summed E-state index contributed by atoms with van der Waals surface area (Å²) in [5.41, 5.74) is 6.02. The third kappa shape index (κ3) is 2.90. The molecule has 1 aliphatic rings. The van der Waals surface area contributed by atoms with E-state index in [9.17, 15) is 0 Å². The Bertz CT molecular complexity index is 361. The van der Waals surface area contributed by atoms with Crippen molar-refractivity contribution in [2.24, 2.45) is 11.7 Å². The summed E-state index contributed by atoms with van der Waals surface area (Å²) in [5.74, 6) is 0.807. The average molecular weight is 252 g/mol. The van der Waals surface area contributed by atoms with Crippen LogP contribution in [0.25, 0.3) is 0 Å². The van der Waals surface area contributed by atoms with Crippen LogP contribution in [0.3, 0.4) is 0 Å². The molecule has 0 radical (unpaired) electrons. The normalized spacial score (nSPS) is 28.2. The Kier molecular flexibility index (Phi) is 4.23. The zero-order valence-corrected chi connectivity index (χ0v) is 12.0. The largest absolute Gasteiger partial charge is 0.329 e. The first-order valence-electron chi connectivity index (χ1n) is 6.64. The van der Waals surface area contributed by atoms with E-state index in [0.717, 1.165) is 12.5 Å². The minimum atomic E-state index is 0.423. The van der Waals surface area contributed by atoms with Gasteiger partial charge in [-0.2, -0.15) is 0 Å². The van der Waals surface area contributed by atoms with E-state index < -0.39 is 0 Å². The molecule has 1 aromatic heterocycles. The van der Waals surface area contributed by atoms with E-state index in [-0.39, 0.29) is 0 Å². The van der Waals surface area contributed by atoms with Crippen LogP contribution in [-0.2, 0) is 0 Å². The molecule has 2 heterocycles. The maximum Gasteiger partial charge on any atom is 0.0566 e. The van der Waals surface area contributed by atoms with Crippen molar-refractivity contribution in [2.45, 2.75) is 45.7 Å². The number of nitrogens with two attached hydrogens (primary N) is 1. The van der Waals surface area contributed by atoms with Gasteiger partial charge in [0.2, 0.25) is 0 Å². The highest BCUT2D eigenvalue weighted by Crippen LogP contribution is 2.33. The Morgan fingerprint density at radius 1 is 1.41 bits per heavy atom. The fraction of sp³-hybridized carbons (Fsp3) is 0.714. The highest BCUT2D eigenvalue weighted by Gasteiger charge is 2.29. The van der Waals surface area contributed by atoms with E-state index in [1.54, 1.807) is 0 Å². The Morgan fingerprint density at radius 2 is 2.18 bits per heavy atom. The topological polar surface area (TPSA) is 29.3 Å². The summed E-state index contributed by atoms with van der Waals surface area (Å²) < 4.78 is 0. The van der Waals surface area contributed by atoms with Gasteiger partial charge in [0.05, 0.1) is 6.04 Å². The monoisotopic (exact) mass is 252 g/mol. The van der Waals surface area contributed by atoms with Crippen LogP contribution in [0.1, 0.15) is 42.5 Å². The Balaban J connectivity index is 2.16. The SMILES string of the molecule is Cc1ccc(C(CN)N2CC(C)CCC2C)s1. The second-order valence-electron chi connectivity index (χ2n) is 5.43. The molecule has 0 aromatic carbocycles. The van der Waals surface area contributed by atoms with Gasteiger partial charge in [-0.1, -0.05) is 6.92 Å². The molecular formula is C14H24N2S. The first kappa shape index (κ1) is 13.1. The van der Waals surface area contributed by atoms with E-state index >= 15 is 0 Å². The van der Waals surface area contributed by atoms with Crippen molar-refractivity contribution >= 4 is 11.3 Å². The van der Waals surface area contributed by atoms with Gasteiger partial charge in [0, 0.05) is 28.9 Å². The number of hydrogen-bond donors (Lipinski definition) is 1. The summed E-state index contributed by atoms with van der Waals surface area (Å²) in [7, 11) is 0. The zero-order chi connectivity index (χ0) is 12.4. The maximum absolute atomic E-state index is 6.02. The number of hydrogen-bond acceptors (Lipinski definition) is 3. The molecule has 2 N–H and O–H groups in total. The predicted octanol–water partition coefficient (Wildman–Crippen LogP) is 3.18. The van der Waals surface area contributed by atoms with Gasteiger partial charge in [-0.15, -0.1) is 11.3 Å². The van der Waals surface area contributed by atoms with E-state index in [0.29, 0.717) is 12.1 Å². The molecule has 2 rings (SSSR count). The lowest BCUT2D eigenvalue weighted by atomic mass is 9.93. The molecular weight excluding hydrogens is 228 g/mol. The van der Waals surface area contributed by atoms with Gasteiger partial charge >= 0.3 is 0 Å². The number of thiophene rings is 1. The number of likely N-dealkylation sites (tertiary alicyclic amines) is 1. The number of rotatable bonds is 3.